The van der Waals surface area contributed by atoms with Crippen LogP contribution in [0.1, 0.15) is 30.7 Å². The van der Waals surface area contributed by atoms with Crippen LogP contribution in [0.15, 0.2) is 12.3 Å². The highest BCUT2D eigenvalue weighted by molar-refractivity contribution is 5.85. The number of fused-ring (bicyclic) bond motifs is 1. The first-order valence-corrected chi connectivity index (χ1v) is 5.61. The highest BCUT2D eigenvalue weighted by Crippen LogP contribution is 2.35. The lowest BCUT2D eigenvalue weighted by atomic mass is 10.1. The van der Waals surface area contributed by atoms with Crippen LogP contribution < -0.4 is 4.74 Å². The first-order chi connectivity index (χ1) is 8.39. The Balaban J connectivity index is 2.44. The van der Waals surface area contributed by atoms with Crippen LogP contribution in [0.25, 0.3) is 6.08 Å². The van der Waals surface area contributed by atoms with Crippen molar-refractivity contribution in [1.82, 2.24) is 4.98 Å². The summed E-state index contributed by atoms with van der Waals surface area (Å²) in [5.41, 5.74) is 2.31. The second-order valence-corrected chi connectivity index (χ2v) is 4.57. The van der Waals surface area contributed by atoms with E-state index in [4.69, 9.17) is 14.6 Å². The average molecular weight is 249 g/mol. The molecule has 1 aromatic rings. The highest BCUT2D eigenvalue weighted by atomic mass is 16.7. The van der Waals surface area contributed by atoms with Gasteiger partial charge in [-0.25, -0.2) is 4.79 Å². The standard InChI is InChI=1S/C13H15NO4/c1-8-12-10(7-17-13(2,3)18-12)9(6-14-8)4-5-11(15)16/h4-6H,7H2,1-3H3,(H,15,16)/b5-4+. The van der Waals surface area contributed by atoms with Gasteiger partial charge in [0.15, 0.2) is 0 Å². The molecule has 0 aliphatic carbocycles. The van der Waals surface area contributed by atoms with Crippen molar-refractivity contribution < 1.29 is 19.4 Å². The van der Waals surface area contributed by atoms with E-state index in [1.54, 1.807) is 6.20 Å². The molecule has 0 saturated heterocycles. The van der Waals surface area contributed by atoms with Crippen molar-refractivity contribution in [3.05, 3.63) is 29.1 Å². The predicted molar refractivity (Wildman–Crippen MR) is 65.1 cm³/mol. The Kier molecular flexibility index (Phi) is 3.09. The minimum atomic E-state index is -0.998. The van der Waals surface area contributed by atoms with E-state index in [2.05, 4.69) is 4.98 Å². The average Bonchev–Trinajstić information content (AvgIpc) is 2.28. The largest absolute Gasteiger partial charge is 0.478 e. The van der Waals surface area contributed by atoms with Crippen molar-refractivity contribution in [2.75, 3.05) is 0 Å². The Morgan fingerprint density at radius 2 is 2.28 bits per heavy atom. The van der Waals surface area contributed by atoms with Crippen molar-refractivity contribution >= 4 is 12.0 Å². The maximum absolute atomic E-state index is 10.5. The summed E-state index contributed by atoms with van der Waals surface area (Å²) in [6, 6.07) is 0. The van der Waals surface area contributed by atoms with Gasteiger partial charge in [0.25, 0.3) is 0 Å². The molecule has 0 unspecified atom stereocenters. The van der Waals surface area contributed by atoms with Gasteiger partial charge >= 0.3 is 5.97 Å². The second kappa shape index (κ2) is 4.42. The fraction of sp³-hybridized carbons (Fsp3) is 0.385. The van der Waals surface area contributed by atoms with Crippen molar-refractivity contribution in [3.63, 3.8) is 0 Å². The molecule has 18 heavy (non-hydrogen) atoms. The number of carboxylic acid groups (broad SMARTS) is 1. The van der Waals surface area contributed by atoms with Crippen molar-refractivity contribution in [2.45, 2.75) is 33.2 Å². The maximum atomic E-state index is 10.5. The summed E-state index contributed by atoms with van der Waals surface area (Å²) in [7, 11) is 0. The van der Waals surface area contributed by atoms with E-state index in [0.29, 0.717) is 17.9 Å². The second-order valence-electron chi connectivity index (χ2n) is 4.57. The van der Waals surface area contributed by atoms with E-state index in [1.165, 1.54) is 6.08 Å². The number of hydrogen-bond acceptors (Lipinski definition) is 4. The first kappa shape index (κ1) is 12.6. The number of rotatable bonds is 2. The summed E-state index contributed by atoms with van der Waals surface area (Å²) < 4.78 is 11.3. The number of nitrogens with zero attached hydrogens (tertiary/aromatic N) is 1. The van der Waals surface area contributed by atoms with Gasteiger partial charge in [0.2, 0.25) is 5.79 Å². The molecule has 5 nitrogen and oxygen atoms in total. The molecule has 0 atom stereocenters. The summed E-state index contributed by atoms with van der Waals surface area (Å²) in [4.78, 5) is 14.8. The lowest BCUT2D eigenvalue weighted by Gasteiger charge is -2.33. The van der Waals surface area contributed by atoms with Crippen molar-refractivity contribution in [3.8, 4) is 5.75 Å². The molecular formula is C13H15NO4. The summed E-state index contributed by atoms with van der Waals surface area (Å²) in [5, 5.41) is 8.65. The molecule has 0 bridgehead atoms. The molecule has 5 heteroatoms. The van der Waals surface area contributed by atoms with E-state index in [-0.39, 0.29) is 0 Å². The van der Waals surface area contributed by atoms with Crippen LogP contribution in [0.5, 0.6) is 5.75 Å². The van der Waals surface area contributed by atoms with E-state index >= 15 is 0 Å². The third-order valence-corrected chi connectivity index (χ3v) is 2.67. The number of ether oxygens (including phenoxy) is 2. The quantitative estimate of drug-likeness (QED) is 0.813. The van der Waals surface area contributed by atoms with Gasteiger partial charge in [0.05, 0.1) is 12.3 Å². The zero-order valence-corrected chi connectivity index (χ0v) is 10.6. The molecule has 0 spiro atoms. The lowest BCUT2D eigenvalue weighted by molar-refractivity contribution is -0.180. The van der Waals surface area contributed by atoms with Gasteiger partial charge in [-0.15, -0.1) is 0 Å². The Morgan fingerprint density at radius 1 is 1.56 bits per heavy atom. The van der Waals surface area contributed by atoms with Crippen molar-refractivity contribution in [1.29, 1.82) is 0 Å². The molecule has 0 amide bonds. The lowest BCUT2D eigenvalue weighted by Crippen LogP contribution is -2.36. The molecule has 1 aromatic heterocycles. The molecule has 0 aromatic carbocycles. The summed E-state index contributed by atoms with van der Waals surface area (Å²) >= 11 is 0. The van der Waals surface area contributed by atoms with Crippen LogP contribution in [0.2, 0.25) is 0 Å². The fourth-order valence-corrected chi connectivity index (χ4v) is 1.76. The zero-order valence-electron chi connectivity index (χ0n) is 10.6. The summed E-state index contributed by atoms with van der Waals surface area (Å²) in [6.45, 7) is 5.89. The van der Waals surface area contributed by atoms with Crippen LogP contribution in [0, 0.1) is 6.92 Å². The number of aromatic nitrogens is 1. The number of carbonyl (C=O) groups is 1. The monoisotopic (exact) mass is 249 g/mol. The van der Waals surface area contributed by atoms with Crippen LogP contribution >= 0.6 is 0 Å². The minimum absolute atomic E-state index is 0.380. The van der Waals surface area contributed by atoms with E-state index in [1.807, 2.05) is 20.8 Å². The number of carboxylic acids is 1. The predicted octanol–water partition coefficient (Wildman–Crippen LogP) is 2.13. The van der Waals surface area contributed by atoms with Crippen LogP contribution in [0.4, 0.5) is 0 Å². The Labute approximate surface area is 105 Å². The van der Waals surface area contributed by atoms with Gasteiger partial charge in [-0.3, -0.25) is 4.98 Å². The molecule has 1 N–H and O–H groups in total. The van der Waals surface area contributed by atoms with Gasteiger partial charge in [0, 0.05) is 37.2 Å². The molecule has 0 fully saturated rings. The molecule has 0 saturated carbocycles. The number of hydrogen-bond donors (Lipinski definition) is 1. The normalized spacial score (nSPS) is 17.3. The van der Waals surface area contributed by atoms with Crippen molar-refractivity contribution in [2.24, 2.45) is 0 Å². The maximum Gasteiger partial charge on any atom is 0.328 e. The third kappa shape index (κ3) is 2.51. The topological polar surface area (TPSA) is 68.7 Å². The Hall–Kier alpha value is -1.88. The minimum Gasteiger partial charge on any atom is -0.478 e. The molecule has 1 aliphatic rings. The first-order valence-electron chi connectivity index (χ1n) is 5.61. The molecule has 2 heterocycles. The van der Waals surface area contributed by atoms with E-state index in [0.717, 1.165) is 17.3 Å². The molecular weight excluding hydrogens is 234 g/mol. The molecule has 2 rings (SSSR count). The molecule has 0 radical (unpaired) electrons. The van der Waals surface area contributed by atoms with Gasteiger partial charge in [-0.1, -0.05) is 0 Å². The van der Waals surface area contributed by atoms with Crippen LogP contribution in [0.3, 0.4) is 0 Å². The molecule has 96 valence electrons. The van der Waals surface area contributed by atoms with Crippen LogP contribution in [-0.2, 0) is 16.1 Å². The SMILES string of the molecule is Cc1ncc(/C=C/C(=O)O)c2c1OC(C)(C)OC2. The van der Waals surface area contributed by atoms with E-state index in [9.17, 15) is 4.79 Å². The van der Waals surface area contributed by atoms with E-state index < -0.39 is 11.8 Å². The highest BCUT2D eigenvalue weighted by Gasteiger charge is 2.30. The smallest absolute Gasteiger partial charge is 0.328 e. The summed E-state index contributed by atoms with van der Waals surface area (Å²) in [5.74, 6) is -1.00. The van der Waals surface area contributed by atoms with Gasteiger partial charge in [-0.2, -0.15) is 0 Å². The molecule has 1 aliphatic heterocycles. The Bertz CT molecular complexity index is 520. The van der Waals surface area contributed by atoms with Gasteiger partial charge in [-0.05, 0) is 13.0 Å². The fourth-order valence-electron chi connectivity index (χ4n) is 1.76. The Morgan fingerprint density at radius 3 is 2.94 bits per heavy atom. The number of aliphatic carboxylic acids is 1. The number of aryl methyl sites for hydroxylation is 1. The van der Waals surface area contributed by atoms with Gasteiger partial charge < -0.3 is 14.6 Å². The van der Waals surface area contributed by atoms with Gasteiger partial charge in [0.1, 0.15) is 5.75 Å². The third-order valence-electron chi connectivity index (χ3n) is 2.67. The zero-order chi connectivity index (χ0) is 13.3. The summed E-state index contributed by atoms with van der Waals surface area (Å²) in [6.07, 6.45) is 4.20. The number of pyridine rings is 1. The van der Waals surface area contributed by atoms with Crippen LogP contribution in [-0.4, -0.2) is 21.8 Å².